The highest BCUT2D eigenvalue weighted by Crippen LogP contribution is 2.27. The largest absolute Gasteiger partial charge is 0.490 e. The standard InChI is InChI=1S/C22H36N4O2.HI/c1-3-23-22(25-19-11-13-26(14-12-19)15-16-27-2)24-17-18-7-4-5-10-21(18)28-20-8-6-9-20;/h4-5,7,10,19-20H,3,6,8-9,11-17H2,1-2H3,(H2,23,24,25);1H. The van der Waals surface area contributed by atoms with Crippen LogP contribution in [-0.2, 0) is 11.3 Å². The molecular formula is C22H37IN4O2. The first-order chi connectivity index (χ1) is 13.8. The number of halogens is 1. The fraction of sp³-hybridized carbons (Fsp3) is 0.682. The Labute approximate surface area is 192 Å². The second kappa shape index (κ2) is 13.3. The minimum Gasteiger partial charge on any atom is -0.490 e. The van der Waals surface area contributed by atoms with E-state index < -0.39 is 0 Å². The van der Waals surface area contributed by atoms with Gasteiger partial charge in [-0.1, -0.05) is 18.2 Å². The van der Waals surface area contributed by atoms with Gasteiger partial charge in [0.05, 0.1) is 19.3 Å². The number of hydrogen-bond acceptors (Lipinski definition) is 4. The quantitative estimate of drug-likeness (QED) is 0.300. The van der Waals surface area contributed by atoms with E-state index in [0.717, 1.165) is 62.9 Å². The Morgan fingerprint density at radius 2 is 1.93 bits per heavy atom. The zero-order chi connectivity index (χ0) is 19.6. The van der Waals surface area contributed by atoms with Gasteiger partial charge in [-0.25, -0.2) is 4.99 Å². The van der Waals surface area contributed by atoms with Crippen LogP contribution in [-0.4, -0.2) is 62.9 Å². The third kappa shape index (κ3) is 7.94. The number of aliphatic imine (C=N–C) groups is 1. The van der Waals surface area contributed by atoms with E-state index in [1.165, 1.54) is 19.3 Å². The van der Waals surface area contributed by atoms with E-state index >= 15 is 0 Å². The van der Waals surface area contributed by atoms with Crippen molar-refractivity contribution in [1.82, 2.24) is 15.5 Å². The number of nitrogens with one attached hydrogen (secondary N) is 2. The molecule has 0 amide bonds. The van der Waals surface area contributed by atoms with Gasteiger partial charge in [0.2, 0.25) is 0 Å². The van der Waals surface area contributed by atoms with E-state index in [-0.39, 0.29) is 24.0 Å². The average Bonchev–Trinajstić information content (AvgIpc) is 2.69. The van der Waals surface area contributed by atoms with Crippen molar-refractivity contribution in [2.24, 2.45) is 4.99 Å². The van der Waals surface area contributed by atoms with E-state index in [9.17, 15) is 0 Å². The molecule has 29 heavy (non-hydrogen) atoms. The van der Waals surface area contributed by atoms with Gasteiger partial charge < -0.3 is 25.0 Å². The van der Waals surface area contributed by atoms with Crippen LogP contribution >= 0.6 is 24.0 Å². The Hall–Kier alpha value is -1.06. The maximum Gasteiger partial charge on any atom is 0.191 e. The van der Waals surface area contributed by atoms with Gasteiger partial charge in [-0.15, -0.1) is 24.0 Å². The molecule has 1 aromatic rings. The number of ether oxygens (including phenoxy) is 2. The van der Waals surface area contributed by atoms with Crippen molar-refractivity contribution in [3.8, 4) is 5.75 Å². The molecule has 0 bridgehead atoms. The molecule has 2 N–H and O–H groups in total. The van der Waals surface area contributed by atoms with Crippen molar-refractivity contribution in [1.29, 1.82) is 0 Å². The number of rotatable bonds is 9. The van der Waals surface area contributed by atoms with Crippen LogP contribution in [0.1, 0.15) is 44.6 Å². The second-order valence-electron chi connectivity index (χ2n) is 7.73. The van der Waals surface area contributed by atoms with Gasteiger partial charge in [0.15, 0.2) is 5.96 Å². The number of methoxy groups -OCH3 is 1. The molecule has 164 valence electrons. The molecule has 1 heterocycles. The van der Waals surface area contributed by atoms with E-state index in [1.54, 1.807) is 7.11 Å². The molecular weight excluding hydrogens is 479 g/mol. The number of hydrogen-bond donors (Lipinski definition) is 2. The Kier molecular flexibility index (Phi) is 11.1. The van der Waals surface area contributed by atoms with Crippen LogP contribution in [0.4, 0.5) is 0 Å². The van der Waals surface area contributed by atoms with E-state index in [1.807, 2.05) is 6.07 Å². The zero-order valence-electron chi connectivity index (χ0n) is 17.9. The summed E-state index contributed by atoms with van der Waals surface area (Å²) in [6, 6.07) is 8.77. The van der Waals surface area contributed by atoms with E-state index in [4.69, 9.17) is 14.5 Å². The number of likely N-dealkylation sites (tertiary alicyclic amines) is 1. The normalized spacial score (nSPS) is 18.6. The lowest BCUT2D eigenvalue weighted by Crippen LogP contribution is -2.49. The molecule has 2 aliphatic rings. The van der Waals surface area contributed by atoms with Crippen molar-refractivity contribution < 1.29 is 9.47 Å². The van der Waals surface area contributed by atoms with Crippen LogP contribution in [0.2, 0.25) is 0 Å². The molecule has 0 atom stereocenters. The minimum absolute atomic E-state index is 0. The van der Waals surface area contributed by atoms with Gasteiger partial charge in [-0.2, -0.15) is 0 Å². The number of guanidine groups is 1. The second-order valence-corrected chi connectivity index (χ2v) is 7.73. The highest BCUT2D eigenvalue weighted by molar-refractivity contribution is 14.0. The first kappa shape index (κ1) is 24.2. The lowest BCUT2D eigenvalue weighted by atomic mass is 9.96. The van der Waals surface area contributed by atoms with Gasteiger partial charge in [0.25, 0.3) is 0 Å². The SMILES string of the molecule is CCNC(=NCc1ccccc1OC1CCC1)NC1CCN(CCOC)CC1.I. The molecule has 0 aromatic heterocycles. The van der Waals surface area contributed by atoms with Crippen LogP contribution in [0.3, 0.4) is 0 Å². The predicted molar refractivity (Wildman–Crippen MR) is 129 cm³/mol. The number of piperidine rings is 1. The summed E-state index contributed by atoms with van der Waals surface area (Å²) in [5.74, 6) is 1.88. The number of benzene rings is 1. The predicted octanol–water partition coefficient (Wildman–Crippen LogP) is 3.40. The van der Waals surface area contributed by atoms with Gasteiger partial charge in [0, 0.05) is 44.9 Å². The van der Waals surface area contributed by atoms with E-state index in [0.29, 0.717) is 18.7 Å². The summed E-state index contributed by atoms with van der Waals surface area (Å²) in [5, 5.41) is 7.02. The Morgan fingerprint density at radius 3 is 2.59 bits per heavy atom. The highest BCUT2D eigenvalue weighted by Gasteiger charge is 2.21. The first-order valence-electron chi connectivity index (χ1n) is 10.8. The van der Waals surface area contributed by atoms with Crippen LogP contribution in [0.15, 0.2) is 29.3 Å². The Morgan fingerprint density at radius 1 is 1.17 bits per heavy atom. The van der Waals surface area contributed by atoms with Crippen molar-refractivity contribution >= 4 is 29.9 Å². The molecule has 7 heteroatoms. The van der Waals surface area contributed by atoms with Crippen LogP contribution in [0.5, 0.6) is 5.75 Å². The third-order valence-electron chi connectivity index (χ3n) is 5.61. The first-order valence-corrected chi connectivity index (χ1v) is 10.8. The van der Waals surface area contributed by atoms with E-state index in [2.05, 4.69) is 40.7 Å². The fourth-order valence-electron chi connectivity index (χ4n) is 3.62. The molecule has 1 saturated carbocycles. The summed E-state index contributed by atoms with van der Waals surface area (Å²) in [4.78, 5) is 7.31. The van der Waals surface area contributed by atoms with Gasteiger partial charge in [-0.05, 0) is 45.1 Å². The minimum atomic E-state index is 0. The van der Waals surface area contributed by atoms with Crippen molar-refractivity contribution in [2.75, 3.05) is 39.9 Å². The van der Waals surface area contributed by atoms with Gasteiger partial charge in [0.1, 0.15) is 5.75 Å². The lowest BCUT2D eigenvalue weighted by Gasteiger charge is -2.32. The number of para-hydroxylation sites is 1. The molecule has 1 saturated heterocycles. The number of nitrogens with zero attached hydrogens (tertiary/aromatic N) is 2. The van der Waals surface area contributed by atoms with Crippen molar-refractivity contribution in [3.63, 3.8) is 0 Å². The molecule has 2 fully saturated rings. The monoisotopic (exact) mass is 516 g/mol. The average molecular weight is 516 g/mol. The van der Waals surface area contributed by atoms with Gasteiger partial charge in [-0.3, -0.25) is 0 Å². The zero-order valence-corrected chi connectivity index (χ0v) is 20.2. The smallest absolute Gasteiger partial charge is 0.191 e. The maximum absolute atomic E-state index is 6.14. The summed E-state index contributed by atoms with van der Waals surface area (Å²) >= 11 is 0. The summed E-state index contributed by atoms with van der Waals surface area (Å²) < 4.78 is 11.3. The molecule has 0 unspecified atom stereocenters. The fourth-order valence-corrected chi connectivity index (χ4v) is 3.62. The Balaban J connectivity index is 0.00000300. The van der Waals surface area contributed by atoms with Crippen LogP contribution in [0.25, 0.3) is 0 Å². The van der Waals surface area contributed by atoms with Crippen molar-refractivity contribution in [2.45, 2.75) is 57.7 Å². The summed E-state index contributed by atoms with van der Waals surface area (Å²) in [6.07, 6.45) is 6.28. The summed E-state index contributed by atoms with van der Waals surface area (Å²) in [6.45, 7) is 7.65. The van der Waals surface area contributed by atoms with Crippen LogP contribution < -0.4 is 15.4 Å². The molecule has 0 radical (unpaired) electrons. The molecule has 1 aliphatic heterocycles. The lowest BCUT2D eigenvalue weighted by molar-refractivity contribution is 0.119. The molecule has 1 aromatic carbocycles. The van der Waals surface area contributed by atoms with Gasteiger partial charge >= 0.3 is 0 Å². The Bertz CT molecular complexity index is 617. The summed E-state index contributed by atoms with van der Waals surface area (Å²) in [5.41, 5.74) is 1.15. The molecule has 1 aliphatic carbocycles. The summed E-state index contributed by atoms with van der Waals surface area (Å²) in [7, 11) is 1.77. The molecule has 6 nitrogen and oxygen atoms in total. The van der Waals surface area contributed by atoms with Crippen molar-refractivity contribution in [3.05, 3.63) is 29.8 Å². The maximum atomic E-state index is 6.14. The molecule has 0 spiro atoms. The third-order valence-corrected chi connectivity index (χ3v) is 5.61. The highest BCUT2D eigenvalue weighted by atomic mass is 127. The topological polar surface area (TPSA) is 58.1 Å². The molecule has 3 rings (SSSR count). The van der Waals surface area contributed by atoms with Crippen LogP contribution in [0, 0.1) is 0 Å².